The Bertz CT molecular complexity index is 449. The molecule has 1 atom stereocenters. The Hall–Kier alpha value is -0.940. The van der Waals surface area contributed by atoms with E-state index < -0.39 is 11.1 Å². The fourth-order valence-electron chi connectivity index (χ4n) is 3.03. The van der Waals surface area contributed by atoms with Gasteiger partial charge < -0.3 is 10.2 Å². The van der Waals surface area contributed by atoms with Crippen LogP contribution in [0.25, 0.3) is 0 Å². The zero-order valence-electron chi connectivity index (χ0n) is 15.8. The normalized spacial score (nSPS) is 14.8. The second-order valence-electron chi connectivity index (χ2n) is 7.45. The van der Waals surface area contributed by atoms with Gasteiger partial charge in [0.1, 0.15) is 0 Å². The lowest BCUT2D eigenvalue weighted by atomic mass is 9.90. The zero-order valence-corrected chi connectivity index (χ0v) is 15.8. The summed E-state index contributed by atoms with van der Waals surface area (Å²) in [6.45, 7) is 8.58. The average Bonchev–Trinajstić information content (AvgIpc) is 2.59. The van der Waals surface area contributed by atoms with E-state index in [9.17, 15) is 10.2 Å². The highest BCUT2D eigenvalue weighted by molar-refractivity contribution is 5.14. The molecular weight excluding hydrogens is 302 g/mol. The topological polar surface area (TPSA) is 52.9 Å². The lowest BCUT2D eigenvalue weighted by Crippen LogP contribution is -2.60. The molecule has 0 bridgehead atoms. The van der Waals surface area contributed by atoms with E-state index >= 15 is 0 Å². The number of aliphatic hydroxyl groups excluding tert-OH is 2. The zero-order chi connectivity index (χ0) is 18.1. The first-order chi connectivity index (χ1) is 11.4. The molecule has 24 heavy (non-hydrogen) atoms. The molecule has 1 aromatic rings. The third-order valence-electron chi connectivity index (χ3n) is 4.54. The SMILES string of the molecule is CCCCCC(C)(CO)N(OCCc1ccccc1)C(C)(C)CO. The summed E-state index contributed by atoms with van der Waals surface area (Å²) in [6, 6.07) is 10.2. The minimum Gasteiger partial charge on any atom is -0.394 e. The quantitative estimate of drug-likeness (QED) is 0.452. The molecule has 1 rings (SSSR count). The van der Waals surface area contributed by atoms with Gasteiger partial charge in [0.25, 0.3) is 0 Å². The van der Waals surface area contributed by atoms with Crippen molar-refractivity contribution in [3.63, 3.8) is 0 Å². The van der Waals surface area contributed by atoms with Crippen LogP contribution in [0.1, 0.15) is 58.9 Å². The minimum absolute atomic E-state index is 0.00544. The van der Waals surface area contributed by atoms with E-state index in [1.54, 1.807) is 0 Å². The molecule has 1 unspecified atom stereocenters. The molecule has 0 aliphatic rings. The Morgan fingerprint density at radius 1 is 1.00 bits per heavy atom. The van der Waals surface area contributed by atoms with E-state index in [4.69, 9.17) is 4.84 Å². The maximum absolute atomic E-state index is 10.0. The van der Waals surface area contributed by atoms with Crippen molar-refractivity contribution in [2.75, 3.05) is 19.8 Å². The molecule has 0 fully saturated rings. The Morgan fingerprint density at radius 2 is 1.67 bits per heavy atom. The van der Waals surface area contributed by atoms with Gasteiger partial charge in [-0.15, -0.1) is 0 Å². The predicted octanol–water partition coefficient (Wildman–Crippen LogP) is 3.56. The lowest BCUT2D eigenvalue weighted by molar-refractivity contribution is -0.283. The van der Waals surface area contributed by atoms with Gasteiger partial charge in [-0.1, -0.05) is 56.5 Å². The molecule has 0 aliphatic carbocycles. The Morgan fingerprint density at radius 3 is 2.21 bits per heavy atom. The largest absolute Gasteiger partial charge is 0.394 e. The molecule has 2 N–H and O–H groups in total. The van der Waals surface area contributed by atoms with Crippen molar-refractivity contribution in [2.24, 2.45) is 0 Å². The fraction of sp³-hybridized carbons (Fsp3) is 0.700. The first-order valence-corrected chi connectivity index (χ1v) is 9.08. The Labute approximate surface area is 147 Å². The van der Waals surface area contributed by atoms with Crippen molar-refractivity contribution >= 4 is 0 Å². The number of nitrogens with zero attached hydrogens (tertiary/aromatic N) is 1. The van der Waals surface area contributed by atoms with E-state index in [-0.39, 0.29) is 13.2 Å². The van der Waals surface area contributed by atoms with Crippen LogP contribution in [-0.4, -0.2) is 46.2 Å². The third kappa shape index (κ3) is 6.17. The number of hydroxylamine groups is 2. The fourth-order valence-corrected chi connectivity index (χ4v) is 3.03. The molecule has 0 heterocycles. The summed E-state index contributed by atoms with van der Waals surface area (Å²) in [5.74, 6) is 0. The van der Waals surface area contributed by atoms with E-state index in [2.05, 4.69) is 19.1 Å². The highest BCUT2D eigenvalue weighted by atomic mass is 16.7. The van der Waals surface area contributed by atoms with Gasteiger partial charge >= 0.3 is 0 Å². The highest BCUT2D eigenvalue weighted by Gasteiger charge is 2.41. The van der Waals surface area contributed by atoms with Gasteiger partial charge in [-0.25, -0.2) is 0 Å². The van der Waals surface area contributed by atoms with E-state index in [0.29, 0.717) is 6.61 Å². The minimum atomic E-state index is -0.555. The van der Waals surface area contributed by atoms with Gasteiger partial charge in [0.05, 0.1) is 30.9 Å². The molecule has 0 aliphatic heterocycles. The van der Waals surface area contributed by atoms with Crippen molar-refractivity contribution in [2.45, 2.75) is 70.9 Å². The summed E-state index contributed by atoms with van der Waals surface area (Å²) in [5.41, 5.74) is 0.161. The molecule has 0 saturated carbocycles. The lowest BCUT2D eigenvalue weighted by Gasteiger charge is -2.47. The van der Waals surface area contributed by atoms with Crippen molar-refractivity contribution < 1.29 is 15.1 Å². The summed E-state index contributed by atoms with van der Waals surface area (Å²) >= 11 is 0. The number of rotatable bonds is 12. The summed E-state index contributed by atoms with van der Waals surface area (Å²) in [5, 5.41) is 21.7. The van der Waals surface area contributed by atoms with E-state index in [1.807, 2.05) is 44.0 Å². The number of benzene rings is 1. The van der Waals surface area contributed by atoms with E-state index in [0.717, 1.165) is 32.1 Å². The van der Waals surface area contributed by atoms with Crippen molar-refractivity contribution in [1.82, 2.24) is 5.06 Å². The summed E-state index contributed by atoms with van der Waals surface area (Å²) in [4.78, 5) is 6.10. The van der Waals surface area contributed by atoms with Gasteiger partial charge in [0.2, 0.25) is 0 Å². The maximum Gasteiger partial charge on any atom is 0.0726 e. The first kappa shape index (κ1) is 21.1. The molecule has 0 aromatic heterocycles. The summed E-state index contributed by atoms with van der Waals surface area (Å²) in [7, 11) is 0. The van der Waals surface area contributed by atoms with Crippen LogP contribution >= 0.6 is 0 Å². The van der Waals surface area contributed by atoms with Gasteiger partial charge in [-0.2, -0.15) is 5.06 Å². The van der Waals surface area contributed by atoms with Crippen LogP contribution in [-0.2, 0) is 11.3 Å². The Kier molecular flexibility index (Phi) is 8.92. The van der Waals surface area contributed by atoms with Crippen LogP contribution in [0.2, 0.25) is 0 Å². The molecule has 4 nitrogen and oxygen atoms in total. The molecule has 0 radical (unpaired) electrons. The van der Waals surface area contributed by atoms with Crippen LogP contribution in [0.5, 0.6) is 0 Å². The molecule has 0 amide bonds. The van der Waals surface area contributed by atoms with Gasteiger partial charge in [0, 0.05) is 0 Å². The van der Waals surface area contributed by atoms with Crippen LogP contribution in [0.3, 0.4) is 0 Å². The number of hydrogen-bond acceptors (Lipinski definition) is 4. The van der Waals surface area contributed by atoms with Crippen molar-refractivity contribution in [3.8, 4) is 0 Å². The second-order valence-corrected chi connectivity index (χ2v) is 7.45. The summed E-state index contributed by atoms with van der Waals surface area (Å²) in [6.07, 6.45) is 4.95. The first-order valence-electron chi connectivity index (χ1n) is 9.08. The Balaban J connectivity index is 2.78. The van der Waals surface area contributed by atoms with Crippen molar-refractivity contribution in [1.29, 1.82) is 0 Å². The maximum atomic E-state index is 10.0. The molecule has 1 aromatic carbocycles. The molecule has 0 saturated heterocycles. The number of unbranched alkanes of at least 4 members (excludes halogenated alkanes) is 2. The molecular formula is C20H35NO3. The smallest absolute Gasteiger partial charge is 0.0726 e. The van der Waals surface area contributed by atoms with Gasteiger partial charge in [0.15, 0.2) is 0 Å². The van der Waals surface area contributed by atoms with Crippen LogP contribution in [0.15, 0.2) is 30.3 Å². The standard InChI is InChI=1S/C20H35NO3/c1-5-6-10-14-20(4,17-23)21(19(2,3)16-22)24-15-13-18-11-8-7-9-12-18/h7-9,11-12,22-23H,5-6,10,13-17H2,1-4H3. The van der Waals surface area contributed by atoms with Crippen LogP contribution < -0.4 is 0 Å². The molecule has 138 valence electrons. The van der Waals surface area contributed by atoms with Gasteiger partial charge in [-0.3, -0.25) is 4.84 Å². The third-order valence-corrected chi connectivity index (χ3v) is 4.54. The second kappa shape index (κ2) is 10.1. The monoisotopic (exact) mass is 337 g/mol. The van der Waals surface area contributed by atoms with Crippen LogP contribution in [0, 0.1) is 0 Å². The van der Waals surface area contributed by atoms with Gasteiger partial charge in [-0.05, 0) is 39.2 Å². The molecule has 4 heteroatoms. The predicted molar refractivity (Wildman–Crippen MR) is 98.7 cm³/mol. The molecule has 0 spiro atoms. The highest BCUT2D eigenvalue weighted by Crippen LogP contribution is 2.30. The number of hydrogen-bond donors (Lipinski definition) is 2. The van der Waals surface area contributed by atoms with Crippen molar-refractivity contribution in [3.05, 3.63) is 35.9 Å². The average molecular weight is 338 g/mol. The van der Waals surface area contributed by atoms with E-state index in [1.165, 1.54) is 5.56 Å². The van der Waals surface area contributed by atoms with Crippen LogP contribution in [0.4, 0.5) is 0 Å². The number of aliphatic hydroxyl groups is 2. The summed E-state index contributed by atoms with van der Waals surface area (Å²) < 4.78 is 0.